The smallest absolute Gasteiger partial charge is 0.191 e. The summed E-state index contributed by atoms with van der Waals surface area (Å²) < 4.78 is 0. The highest BCUT2D eigenvalue weighted by Gasteiger charge is 2.21. The molecule has 1 rings (SSSR count). The van der Waals surface area contributed by atoms with Crippen LogP contribution in [0.2, 0.25) is 0 Å². The number of thioether (sulfide) groups is 1. The Kier molecular flexibility index (Phi) is 7.25. The zero-order valence-electron chi connectivity index (χ0n) is 13.7. The third-order valence-corrected chi connectivity index (χ3v) is 3.49. The van der Waals surface area contributed by atoms with Crippen LogP contribution in [0, 0.1) is 5.92 Å². The highest BCUT2D eigenvalue weighted by atomic mass is 32.2. The van der Waals surface area contributed by atoms with Crippen molar-refractivity contribution in [3.8, 4) is 0 Å². The molecule has 0 fully saturated rings. The van der Waals surface area contributed by atoms with Gasteiger partial charge in [0.1, 0.15) is 11.6 Å². The highest BCUT2D eigenvalue weighted by molar-refractivity contribution is 7.98. The normalized spacial score (nSPS) is 14.0. The summed E-state index contributed by atoms with van der Waals surface area (Å²) in [6.07, 6.45) is 3.75. The van der Waals surface area contributed by atoms with E-state index >= 15 is 0 Å². The number of anilines is 2. The van der Waals surface area contributed by atoms with Gasteiger partial charge in [-0.25, -0.2) is 9.97 Å². The molecule has 0 amide bonds. The predicted octanol–water partition coefficient (Wildman–Crippen LogP) is 3.23. The number of hydrogen-bond donors (Lipinski definition) is 3. The minimum absolute atomic E-state index is 0.454. The van der Waals surface area contributed by atoms with Crippen molar-refractivity contribution < 1.29 is 5.11 Å². The summed E-state index contributed by atoms with van der Waals surface area (Å²) in [6, 6.07) is 1.89. The third-order valence-electron chi connectivity index (χ3n) is 2.94. The number of aliphatic hydroxyl groups is 1. The first kappa shape index (κ1) is 18.0. The van der Waals surface area contributed by atoms with Gasteiger partial charge in [-0.1, -0.05) is 32.5 Å². The summed E-state index contributed by atoms with van der Waals surface area (Å²) in [7, 11) is 0. The van der Waals surface area contributed by atoms with Crippen molar-refractivity contribution in [3.63, 3.8) is 0 Å². The molecule has 0 bridgehead atoms. The molecule has 0 aliphatic carbocycles. The van der Waals surface area contributed by atoms with Gasteiger partial charge in [-0.05, 0) is 31.9 Å². The van der Waals surface area contributed by atoms with E-state index in [2.05, 4.69) is 41.4 Å². The second kappa shape index (κ2) is 8.44. The van der Waals surface area contributed by atoms with Crippen LogP contribution in [0.3, 0.4) is 0 Å². The SMILES string of the molecule is CCCNc1cc(NCC(C)(O)CC(C)C)nc(SC)n1. The molecule has 120 valence electrons. The molecule has 0 saturated carbocycles. The van der Waals surface area contributed by atoms with E-state index < -0.39 is 5.60 Å². The van der Waals surface area contributed by atoms with Gasteiger partial charge in [0, 0.05) is 19.2 Å². The fourth-order valence-electron chi connectivity index (χ4n) is 2.18. The Hall–Kier alpha value is -1.01. The van der Waals surface area contributed by atoms with E-state index in [9.17, 15) is 5.11 Å². The number of hydrogen-bond acceptors (Lipinski definition) is 6. The first-order valence-electron chi connectivity index (χ1n) is 7.49. The molecule has 5 nitrogen and oxygen atoms in total. The topological polar surface area (TPSA) is 70.1 Å². The molecule has 1 atom stereocenters. The van der Waals surface area contributed by atoms with Gasteiger partial charge in [0.2, 0.25) is 0 Å². The summed E-state index contributed by atoms with van der Waals surface area (Å²) in [6.45, 7) is 9.55. The molecule has 3 N–H and O–H groups in total. The molecule has 0 radical (unpaired) electrons. The van der Waals surface area contributed by atoms with Gasteiger partial charge >= 0.3 is 0 Å². The summed E-state index contributed by atoms with van der Waals surface area (Å²) in [5, 5.41) is 17.6. The molecule has 1 aromatic rings. The molecule has 0 spiro atoms. The van der Waals surface area contributed by atoms with Gasteiger partial charge < -0.3 is 15.7 Å². The number of nitrogens with zero attached hydrogens (tertiary/aromatic N) is 2. The van der Waals surface area contributed by atoms with Crippen molar-refractivity contribution in [3.05, 3.63) is 6.07 Å². The van der Waals surface area contributed by atoms with Gasteiger partial charge in [0.05, 0.1) is 5.60 Å². The molecule has 0 aliphatic rings. The summed E-state index contributed by atoms with van der Waals surface area (Å²) in [5.74, 6) is 2.02. The summed E-state index contributed by atoms with van der Waals surface area (Å²) in [4.78, 5) is 8.85. The van der Waals surface area contributed by atoms with Crippen LogP contribution in [0.25, 0.3) is 0 Å². The number of rotatable bonds is 9. The zero-order valence-corrected chi connectivity index (χ0v) is 14.5. The van der Waals surface area contributed by atoms with Gasteiger partial charge in [0.15, 0.2) is 5.16 Å². The lowest BCUT2D eigenvalue weighted by Crippen LogP contribution is -2.35. The largest absolute Gasteiger partial charge is 0.388 e. The lowest BCUT2D eigenvalue weighted by atomic mass is 9.94. The molecule has 1 unspecified atom stereocenters. The number of nitrogens with one attached hydrogen (secondary N) is 2. The number of aromatic nitrogens is 2. The second-order valence-electron chi connectivity index (χ2n) is 6.00. The van der Waals surface area contributed by atoms with E-state index in [4.69, 9.17) is 0 Å². The Morgan fingerprint density at radius 1 is 1.29 bits per heavy atom. The van der Waals surface area contributed by atoms with Crippen LogP contribution in [-0.2, 0) is 0 Å². The van der Waals surface area contributed by atoms with Crippen molar-refractivity contribution in [1.29, 1.82) is 0 Å². The Balaban J connectivity index is 2.73. The monoisotopic (exact) mass is 312 g/mol. The average Bonchev–Trinajstić information content (AvgIpc) is 2.41. The molecule has 1 aromatic heterocycles. The predicted molar refractivity (Wildman–Crippen MR) is 91.2 cm³/mol. The van der Waals surface area contributed by atoms with Gasteiger partial charge in [-0.15, -0.1) is 0 Å². The maximum atomic E-state index is 10.4. The van der Waals surface area contributed by atoms with Crippen LogP contribution < -0.4 is 10.6 Å². The lowest BCUT2D eigenvalue weighted by molar-refractivity contribution is 0.0514. The molecule has 1 heterocycles. The molecular weight excluding hydrogens is 284 g/mol. The minimum Gasteiger partial charge on any atom is -0.388 e. The maximum absolute atomic E-state index is 10.4. The van der Waals surface area contributed by atoms with Gasteiger partial charge in [-0.2, -0.15) is 0 Å². The van der Waals surface area contributed by atoms with Gasteiger partial charge in [-0.3, -0.25) is 0 Å². The molecule has 21 heavy (non-hydrogen) atoms. The van der Waals surface area contributed by atoms with Crippen molar-refractivity contribution >= 4 is 23.4 Å². The van der Waals surface area contributed by atoms with Crippen LogP contribution in [0.15, 0.2) is 11.2 Å². The maximum Gasteiger partial charge on any atom is 0.191 e. The zero-order chi connectivity index (χ0) is 15.9. The lowest BCUT2D eigenvalue weighted by Gasteiger charge is -2.26. The summed E-state index contributed by atoms with van der Waals surface area (Å²) >= 11 is 1.51. The van der Waals surface area contributed by atoms with Crippen molar-refractivity contribution in [2.75, 3.05) is 30.0 Å². The Morgan fingerprint density at radius 2 is 1.90 bits per heavy atom. The van der Waals surface area contributed by atoms with Crippen LogP contribution in [0.1, 0.15) is 40.5 Å². The highest BCUT2D eigenvalue weighted by Crippen LogP contribution is 2.20. The second-order valence-corrected chi connectivity index (χ2v) is 6.77. The van der Waals surface area contributed by atoms with E-state index in [0.29, 0.717) is 12.5 Å². The molecule has 0 aliphatic heterocycles. The summed E-state index contributed by atoms with van der Waals surface area (Å²) in [5.41, 5.74) is -0.740. The van der Waals surface area contributed by atoms with E-state index in [1.165, 1.54) is 11.8 Å². The van der Waals surface area contributed by atoms with Crippen molar-refractivity contribution in [1.82, 2.24) is 9.97 Å². The molecule has 0 saturated heterocycles. The van der Waals surface area contributed by atoms with Crippen LogP contribution in [0.5, 0.6) is 0 Å². The first-order chi connectivity index (χ1) is 9.86. The Labute approximate surface area is 132 Å². The van der Waals surface area contributed by atoms with Gasteiger partial charge in [0.25, 0.3) is 0 Å². The van der Waals surface area contributed by atoms with Crippen LogP contribution in [0.4, 0.5) is 11.6 Å². The quantitative estimate of drug-likeness (QED) is 0.480. The average molecular weight is 312 g/mol. The fraction of sp³-hybridized carbons (Fsp3) is 0.733. The van der Waals surface area contributed by atoms with E-state index in [1.54, 1.807) is 0 Å². The minimum atomic E-state index is -0.740. The molecular formula is C15H28N4OS. The van der Waals surface area contributed by atoms with E-state index in [0.717, 1.165) is 36.2 Å². The third kappa shape index (κ3) is 7.00. The van der Waals surface area contributed by atoms with Crippen LogP contribution >= 0.6 is 11.8 Å². The standard InChI is InChI=1S/C15H28N4OS/c1-6-7-16-12-8-13(19-14(18-12)21-5)17-10-15(4,20)9-11(2)3/h8,11,20H,6-7,9-10H2,1-5H3,(H2,16,17,18,19). The van der Waals surface area contributed by atoms with Crippen molar-refractivity contribution in [2.45, 2.75) is 51.3 Å². The fourth-order valence-corrected chi connectivity index (χ4v) is 2.56. The van der Waals surface area contributed by atoms with E-state index in [-0.39, 0.29) is 0 Å². The molecule has 0 aromatic carbocycles. The van der Waals surface area contributed by atoms with Crippen molar-refractivity contribution in [2.24, 2.45) is 5.92 Å². The van der Waals surface area contributed by atoms with E-state index in [1.807, 2.05) is 19.2 Å². The van der Waals surface area contributed by atoms with Crippen LogP contribution in [-0.4, -0.2) is 40.0 Å². The Morgan fingerprint density at radius 3 is 2.43 bits per heavy atom. The first-order valence-corrected chi connectivity index (χ1v) is 8.72. The Bertz CT molecular complexity index is 438. The molecule has 6 heteroatoms.